The van der Waals surface area contributed by atoms with E-state index < -0.39 is 0 Å². The standard InChI is InChI=1S/C18H28N4O.2ClH/c1-13-5-8-21(11-13)16-10-14(4-7-20-16)17(23)22-9-6-15(19)18(2,3)12-22;;/h4,7,10,13,15H,5-6,8-9,11-12,19H2,1-3H3;2*1H. The summed E-state index contributed by atoms with van der Waals surface area (Å²) in [4.78, 5) is 21.5. The lowest BCUT2D eigenvalue weighted by atomic mass is 9.79. The monoisotopic (exact) mass is 388 g/mol. The molecule has 2 fully saturated rings. The number of piperidine rings is 1. The largest absolute Gasteiger partial charge is 0.356 e. The summed E-state index contributed by atoms with van der Waals surface area (Å²) in [7, 11) is 0. The molecule has 7 heteroatoms. The van der Waals surface area contributed by atoms with Crippen LogP contribution in [0.4, 0.5) is 5.82 Å². The molecule has 2 aliphatic heterocycles. The molecule has 0 saturated carbocycles. The van der Waals surface area contributed by atoms with E-state index in [0.29, 0.717) is 12.5 Å². The van der Waals surface area contributed by atoms with E-state index in [1.165, 1.54) is 6.42 Å². The zero-order valence-electron chi connectivity index (χ0n) is 15.3. The van der Waals surface area contributed by atoms with Crippen molar-refractivity contribution in [2.24, 2.45) is 17.1 Å². The second-order valence-corrected chi connectivity index (χ2v) is 7.85. The first kappa shape index (κ1) is 22.0. The molecule has 3 rings (SSSR count). The molecular weight excluding hydrogens is 359 g/mol. The van der Waals surface area contributed by atoms with Crippen LogP contribution in [0.1, 0.15) is 44.0 Å². The zero-order valence-corrected chi connectivity index (χ0v) is 16.9. The van der Waals surface area contributed by atoms with Crippen LogP contribution in [0, 0.1) is 11.3 Å². The fourth-order valence-corrected chi connectivity index (χ4v) is 3.60. The van der Waals surface area contributed by atoms with Crippen molar-refractivity contribution in [3.8, 4) is 0 Å². The summed E-state index contributed by atoms with van der Waals surface area (Å²) < 4.78 is 0. The molecule has 5 nitrogen and oxygen atoms in total. The maximum absolute atomic E-state index is 12.9. The number of nitrogens with zero attached hydrogens (tertiary/aromatic N) is 3. The maximum Gasteiger partial charge on any atom is 0.254 e. The highest BCUT2D eigenvalue weighted by Crippen LogP contribution is 2.29. The fourth-order valence-electron chi connectivity index (χ4n) is 3.60. The number of rotatable bonds is 2. The number of hydrogen-bond donors (Lipinski definition) is 1. The fraction of sp³-hybridized carbons (Fsp3) is 0.667. The summed E-state index contributed by atoms with van der Waals surface area (Å²) in [6.07, 6.45) is 3.81. The van der Waals surface area contributed by atoms with Gasteiger partial charge in [-0.05, 0) is 36.3 Å². The van der Waals surface area contributed by atoms with Crippen LogP contribution in [0.3, 0.4) is 0 Å². The van der Waals surface area contributed by atoms with E-state index >= 15 is 0 Å². The number of hydrogen-bond acceptors (Lipinski definition) is 4. The smallest absolute Gasteiger partial charge is 0.254 e. The molecule has 2 unspecified atom stereocenters. The van der Waals surface area contributed by atoms with Crippen LogP contribution in [0.15, 0.2) is 18.3 Å². The molecule has 0 spiro atoms. The second-order valence-electron chi connectivity index (χ2n) is 7.85. The van der Waals surface area contributed by atoms with E-state index in [4.69, 9.17) is 5.73 Å². The van der Waals surface area contributed by atoms with Gasteiger partial charge < -0.3 is 15.5 Å². The number of aromatic nitrogens is 1. The molecular formula is C18H30Cl2N4O. The van der Waals surface area contributed by atoms with Crippen molar-refractivity contribution in [2.75, 3.05) is 31.1 Å². The Hall–Kier alpha value is -1.04. The molecule has 0 radical (unpaired) electrons. The first-order valence-corrected chi connectivity index (χ1v) is 8.63. The van der Waals surface area contributed by atoms with Crippen LogP contribution in [0.25, 0.3) is 0 Å². The highest BCUT2D eigenvalue weighted by Gasteiger charge is 2.35. The van der Waals surface area contributed by atoms with Gasteiger partial charge in [-0.15, -0.1) is 24.8 Å². The average Bonchev–Trinajstić information content (AvgIpc) is 2.96. The van der Waals surface area contributed by atoms with Crippen molar-refractivity contribution in [3.63, 3.8) is 0 Å². The molecule has 0 bridgehead atoms. The number of likely N-dealkylation sites (tertiary alicyclic amines) is 1. The minimum Gasteiger partial charge on any atom is -0.356 e. The molecule has 2 saturated heterocycles. The van der Waals surface area contributed by atoms with Gasteiger partial charge in [0, 0.05) is 44.0 Å². The zero-order chi connectivity index (χ0) is 16.6. The molecule has 2 atom stereocenters. The minimum absolute atomic E-state index is 0. The number of halogens is 2. The maximum atomic E-state index is 12.9. The van der Waals surface area contributed by atoms with Gasteiger partial charge in [-0.1, -0.05) is 20.8 Å². The Morgan fingerprint density at radius 1 is 1.28 bits per heavy atom. The third-order valence-corrected chi connectivity index (χ3v) is 5.34. The summed E-state index contributed by atoms with van der Waals surface area (Å²) in [6, 6.07) is 3.93. The summed E-state index contributed by atoms with van der Waals surface area (Å²) in [5.41, 5.74) is 6.88. The van der Waals surface area contributed by atoms with Crippen LogP contribution in [-0.2, 0) is 0 Å². The molecule has 1 amide bonds. The number of carbonyl (C=O) groups is 1. The summed E-state index contributed by atoms with van der Waals surface area (Å²) in [5.74, 6) is 1.72. The Morgan fingerprint density at radius 3 is 2.60 bits per heavy atom. The molecule has 1 aromatic rings. The van der Waals surface area contributed by atoms with E-state index in [9.17, 15) is 4.79 Å². The van der Waals surface area contributed by atoms with Crippen LogP contribution in [0.2, 0.25) is 0 Å². The van der Waals surface area contributed by atoms with Crippen molar-refractivity contribution in [2.45, 2.75) is 39.7 Å². The summed E-state index contributed by atoms with van der Waals surface area (Å²) >= 11 is 0. The normalized spacial score (nSPS) is 25.1. The van der Waals surface area contributed by atoms with E-state index in [1.807, 2.05) is 17.0 Å². The summed E-state index contributed by atoms with van der Waals surface area (Å²) in [5, 5.41) is 0. The lowest BCUT2D eigenvalue weighted by Crippen LogP contribution is -2.54. The highest BCUT2D eigenvalue weighted by molar-refractivity contribution is 5.95. The number of amides is 1. The van der Waals surface area contributed by atoms with Crippen molar-refractivity contribution in [3.05, 3.63) is 23.9 Å². The molecule has 2 aliphatic rings. The van der Waals surface area contributed by atoms with Crippen molar-refractivity contribution < 1.29 is 4.79 Å². The van der Waals surface area contributed by atoms with Crippen molar-refractivity contribution in [1.29, 1.82) is 0 Å². The highest BCUT2D eigenvalue weighted by atomic mass is 35.5. The third kappa shape index (κ3) is 4.78. The number of pyridine rings is 1. The Kier molecular flexibility index (Phi) is 7.54. The quantitative estimate of drug-likeness (QED) is 0.845. The van der Waals surface area contributed by atoms with E-state index in [1.54, 1.807) is 6.20 Å². The Bertz CT molecular complexity index is 596. The van der Waals surface area contributed by atoms with E-state index in [0.717, 1.165) is 37.4 Å². The first-order valence-electron chi connectivity index (χ1n) is 8.63. The Morgan fingerprint density at radius 2 is 2.00 bits per heavy atom. The number of carbonyl (C=O) groups excluding carboxylic acids is 1. The number of anilines is 1. The van der Waals surface area contributed by atoms with Crippen LogP contribution >= 0.6 is 24.8 Å². The predicted octanol–water partition coefficient (Wildman–Crippen LogP) is 2.97. The molecule has 0 aliphatic carbocycles. The molecule has 3 heterocycles. The first-order chi connectivity index (χ1) is 10.9. The van der Waals surface area contributed by atoms with Gasteiger partial charge >= 0.3 is 0 Å². The van der Waals surface area contributed by atoms with E-state index in [-0.39, 0.29) is 42.2 Å². The minimum atomic E-state index is -0.0336. The molecule has 142 valence electrons. The van der Waals surface area contributed by atoms with Gasteiger partial charge in [-0.3, -0.25) is 4.79 Å². The topological polar surface area (TPSA) is 62.5 Å². The van der Waals surface area contributed by atoms with Gasteiger partial charge in [-0.25, -0.2) is 4.98 Å². The van der Waals surface area contributed by atoms with Gasteiger partial charge in [0.05, 0.1) is 0 Å². The van der Waals surface area contributed by atoms with Gasteiger partial charge in [0.15, 0.2) is 0 Å². The van der Waals surface area contributed by atoms with Gasteiger partial charge in [0.1, 0.15) is 5.82 Å². The lowest BCUT2D eigenvalue weighted by molar-refractivity contribution is 0.0533. The Balaban J connectivity index is 0.00000156. The molecule has 0 aromatic carbocycles. The van der Waals surface area contributed by atoms with Crippen molar-refractivity contribution >= 4 is 36.5 Å². The van der Waals surface area contributed by atoms with Crippen LogP contribution in [0.5, 0.6) is 0 Å². The SMILES string of the molecule is CC1CCN(c2cc(C(=O)N3CCC(N)C(C)(C)C3)ccn2)C1.Cl.Cl. The summed E-state index contributed by atoms with van der Waals surface area (Å²) in [6.45, 7) is 10.0. The van der Waals surface area contributed by atoms with Gasteiger partial charge in [0.25, 0.3) is 5.91 Å². The number of nitrogens with two attached hydrogens (primary N) is 1. The lowest BCUT2D eigenvalue weighted by Gasteiger charge is -2.42. The van der Waals surface area contributed by atoms with Crippen molar-refractivity contribution in [1.82, 2.24) is 9.88 Å². The van der Waals surface area contributed by atoms with Crippen LogP contribution in [-0.4, -0.2) is 48.0 Å². The second kappa shape index (κ2) is 8.56. The van der Waals surface area contributed by atoms with Gasteiger partial charge in [0.2, 0.25) is 0 Å². The van der Waals surface area contributed by atoms with Gasteiger partial charge in [-0.2, -0.15) is 0 Å². The van der Waals surface area contributed by atoms with Crippen LogP contribution < -0.4 is 10.6 Å². The molecule has 25 heavy (non-hydrogen) atoms. The Labute approximate surface area is 163 Å². The molecule has 2 N–H and O–H groups in total. The van der Waals surface area contributed by atoms with E-state index in [2.05, 4.69) is 30.7 Å². The predicted molar refractivity (Wildman–Crippen MR) is 107 cm³/mol. The molecule has 1 aromatic heterocycles. The third-order valence-electron chi connectivity index (χ3n) is 5.34. The average molecular weight is 389 g/mol.